The summed E-state index contributed by atoms with van der Waals surface area (Å²) in [4.78, 5) is 0.811. The second kappa shape index (κ2) is 4.80. The molecule has 0 bridgehead atoms. The highest BCUT2D eigenvalue weighted by Crippen LogP contribution is 2.27. The number of hydrogen-bond donors (Lipinski definition) is 1. The first-order valence-corrected chi connectivity index (χ1v) is 5.41. The molecular weight excluding hydrogens is 226 g/mol. The Balaban J connectivity index is 2.07. The molecule has 0 atom stereocenters. The van der Waals surface area contributed by atoms with Crippen LogP contribution in [0.15, 0.2) is 24.3 Å². The standard InChI is InChI=1S/C10H11N3O2S/c1-14-7-4-2-3-5-8(7)15-6-9-10(11)12-13-16-9/h2-5H,6,11H2,1H3. The first-order valence-electron chi connectivity index (χ1n) is 4.64. The molecule has 16 heavy (non-hydrogen) atoms. The number of nitrogens with two attached hydrogens (primary N) is 1. The number of aromatic nitrogens is 2. The van der Waals surface area contributed by atoms with E-state index in [1.165, 1.54) is 11.5 Å². The molecule has 2 N–H and O–H groups in total. The largest absolute Gasteiger partial charge is 0.493 e. The first kappa shape index (κ1) is 10.7. The lowest BCUT2D eigenvalue weighted by molar-refractivity contribution is 0.287. The van der Waals surface area contributed by atoms with E-state index in [-0.39, 0.29) is 0 Å². The molecule has 0 fully saturated rings. The van der Waals surface area contributed by atoms with Gasteiger partial charge in [0.2, 0.25) is 0 Å². The van der Waals surface area contributed by atoms with Gasteiger partial charge in [-0.1, -0.05) is 16.6 Å². The molecule has 0 aliphatic carbocycles. The van der Waals surface area contributed by atoms with E-state index in [2.05, 4.69) is 9.59 Å². The maximum atomic E-state index is 5.60. The fourth-order valence-electron chi connectivity index (χ4n) is 1.20. The monoisotopic (exact) mass is 237 g/mol. The number of hydrogen-bond acceptors (Lipinski definition) is 6. The lowest BCUT2D eigenvalue weighted by atomic mass is 10.3. The van der Waals surface area contributed by atoms with E-state index in [1.54, 1.807) is 7.11 Å². The molecule has 2 aromatic rings. The summed E-state index contributed by atoms with van der Waals surface area (Å²) < 4.78 is 14.5. The Labute approximate surface area is 97.0 Å². The van der Waals surface area contributed by atoms with Crippen LogP contribution in [0.1, 0.15) is 4.88 Å². The van der Waals surface area contributed by atoms with Gasteiger partial charge in [0.25, 0.3) is 0 Å². The van der Waals surface area contributed by atoms with Crippen molar-refractivity contribution < 1.29 is 9.47 Å². The Morgan fingerprint density at radius 2 is 2.06 bits per heavy atom. The average Bonchev–Trinajstić information content (AvgIpc) is 2.72. The molecule has 0 saturated heterocycles. The highest BCUT2D eigenvalue weighted by Gasteiger charge is 2.07. The molecule has 0 unspecified atom stereocenters. The molecule has 1 heterocycles. The smallest absolute Gasteiger partial charge is 0.165 e. The fraction of sp³-hybridized carbons (Fsp3) is 0.200. The quantitative estimate of drug-likeness (QED) is 0.876. The second-order valence-electron chi connectivity index (χ2n) is 3.02. The van der Waals surface area contributed by atoms with E-state index in [0.29, 0.717) is 23.9 Å². The summed E-state index contributed by atoms with van der Waals surface area (Å²) in [6.45, 7) is 0.351. The summed E-state index contributed by atoms with van der Waals surface area (Å²) in [5.74, 6) is 1.79. The number of nitrogen functional groups attached to an aromatic ring is 1. The third kappa shape index (κ3) is 2.22. The van der Waals surface area contributed by atoms with E-state index >= 15 is 0 Å². The molecule has 0 aliphatic heterocycles. The number of para-hydroxylation sites is 2. The topological polar surface area (TPSA) is 70.3 Å². The molecular formula is C10H11N3O2S. The normalized spacial score (nSPS) is 10.1. The lowest BCUT2D eigenvalue weighted by Gasteiger charge is -2.08. The summed E-state index contributed by atoms with van der Waals surface area (Å²) in [5, 5.41) is 3.71. The number of anilines is 1. The van der Waals surface area contributed by atoms with Gasteiger partial charge in [0.15, 0.2) is 17.3 Å². The van der Waals surface area contributed by atoms with Crippen molar-refractivity contribution in [3.63, 3.8) is 0 Å². The Morgan fingerprint density at radius 1 is 1.31 bits per heavy atom. The summed E-state index contributed by atoms with van der Waals surface area (Å²) in [6, 6.07) is 7.44. The third-order valence-corrected chi connectivity index (χ3v) is 2.72. The van der Waals surface area contributed by atoms with E-state index in [4.69, 9.17) is 15.2 Å². The number of benzene rings is 1. The molecule has 0 saturated carbocycles. The predicted octanol–water partition coefficient (Wildman–Crippen LogP) is 1.71. The number of ether oxygens (including phenoxy) is 2. The third-order valence-electron chi connectivity index (χ3n) is 2.01. The SMILES string of the molecule is COc1ccccc1OCc1snnc1N. The summed E-state index contributed by atoms with van der Waals surface area (Å²) in [6.07, 6.45) is 0. The van der Waals surface area contributed by atoms with Crippen LogP contribution in [-0.4, -0.2) is 16.7 Å². The molecule has 5 nitrogen and oxygen atoms in total. The summed E-state index contributed by atoms with van der Waals surface area (Å²) in [7, 11) is 1.60. The van der Waals surface area contributed by atoms with Crippen LogP contribution in [-0.2, 0) is 6.61 Å². The van der Waals surface area contributed by atoms with Crippen LogP contribution < -0.4 is 15.2 Å². The van der Waals surface area contributed by atoms with Crippen LogP contribution in [0.25, 0.3) is 0 Å². The van der Waals surface area contributed by atoms with Crippen LogP contribution in [0.3, 0.4) is 0 Å². The molecule has 1 aromatic heterocycles. The highest BCUT2D eigenvalue weighted by molar-refractivity contribution is 7.05. The fourth-order valence-corrected chi connectivity index (χ4v) is 1.67. The van der Waals surface area contributed by atoms with E-state index in [1.807, 2.05) is 24.3 Å². The number of rotatable bonds is 4. The Kier molecular flexibility index (Phi) is 3.21. The average molecular weight is 237 g/mol. The van der Waals surface area contributed by atoms with Gasteiger partial charge >= 0.3 is 0 Å². The van der Waals surface area contributed by atoms with Crippen LogP contribution in [0, 0.1) is 0 Å². The first-order chi connectivity index (χ1) is 7.81. The molecule has 2 rings (SSSR count). The van der Waals surface area contributed by atoms with Gasteiger partial charge in [-0.3, -0.25) is 0 Å². The van der Waals surface area contributed by atoms with Crippen molar-refractivity contribution in [2.75, 3.05) is 12.8 Å². The van der Waals surface area contributed by atoms with Crippen LogP contribution in [0.2, 0.25) is 0 Å². The van der Waals surface area contributed by atoms with E-state index in [9.17, 15) is 0 Å². The van der Waals surface area contributed by atoms with Gasteiger partial charge in [0.05, 0.1) is 7.11 Å². The predicted molar refractivity (Wildman–Crippen MR) is 61.6 cm³/mol. The zero-order valence-electron chi connectivity index (χ0n) is 8.71. The molecule has 84 valence electrons. The second-order valence-corrected chi connectivity index (χ2v) is 3.86. The Hall–Kier alpha value is -1.82. The van der Waals surface area contributed by atoms with Crippen LogP contribution >= 0.6 is 11.5 Å². The number of methoxy groups -OCH3 is 1. The van der Waals surface area contributed by atoms with E-state index in [0.717, 1.165) is 4.88 Å². The van der Waals surface area contributed by atoms with E-state index < -0.39 is 0 Å². The van der Waals surface area contributed by atoms with Crippen LogP contribution in [0.4, 0.5) is 5.82 Å². The van der Waals surface area contributed by atoms with Crippen molar-refractivity contribution in [3.8, 4) is 11.5 Å². The minimum Gasteiger partial charge on any atom is -0.493 e. The molecule has 6 heteroatoms. The molecule has 0 amide bonds. The zero-order valence-corrected chi connectivity index (χ0v) is 9.53. The molecule has 0 aliphatic rings. The zero-order chi connectivity index (χ0) is 11.4. The van der Waals surface area contributed by atoms with Crippen molar-refractivity contribution in [3.05, 3.63) is 29.1 Å². The highest BCUT2D eigenvalue weighted by atomic mass is 32.1. The Bertz CT molecular complexity index is 473. The van der Waals surface area contributed by atoms with Crippen molar-refractivity contribution >= 4 is 17.4 Å². The van der Waals surface area contributed by atoms with Gasteiger partial charge in [-0.15, -0.1) is 5.10 Å². The molecule has 0 spiro atoms. The van der Waals surface area contributed by atoms with Gasteiger partial charge in [-0.25, -0.2) is 0 Å². The minimum atomic E-state index is 0.351. The van der Waals surface area contributed by atoms with Gasteiger partial charge in [-0.2, -0.15) is 0 Å². The van der Waals surface area contributed by atoms with Crippen molar-refractivity contribution in [1.82, 2.24) is 9.59 Å². The van der Waals surface area contributed by atoms with Crippen LogP contribution in [0.5, 0.6) is 11.5 Å². The van der Waals surface area contributed by atoms with Crippen molar-refractivity contribution in [2.24, 2.45) is 0 Å². The number of nitrogens with zero attached hydrogens (tertiary/aromatic N) is 2. The van der Waals surface area contributed by atoms with Gasteiger partial charge < -0.3 is 15.2 Å². The van der Waals surface area contributed by atoms with Crippen molar-refractivity contribution in [2.45, 2.75) is 6.61 Å². The van der Waals surface area contributed by atoms with Crippen molar-refractivity contribution in [1.29, 1.82) is 0 Å². The minimum absolute atomic E-state index is 0.351. The van der Waals surface area contributed by atoms with Gasteiger partial charge in [0.1, 0.15) is 11.5 Å². The van der Waals surface area contributed by atoms with Gasteiger partial charge in [-0.05, 0) is 23.7 Å². The maximum absolute atomic E-state index is 5.60. The summed E-state index contributed by atoms with van der Waals surface area (Å²) >= 11 is 1.23. The lowest BCUT2D eigenvalue weighted by Crippen LogP contribution is -1.98. The summed E-state index contributed by atoms with van der Waals surface area (Å²) in [5.41, 5.74) is 5.60. The maximum Gasteiger partial charge on any atom is 0.165 e. The molecule has 0 radical (unpaired) electrons. The molecule has 1 aromatic carbocycles. The Morgan fingerprint density at radius 3 is 2.69 bits per heavy atom. The van der Waals surface area contributed by atoms with Gasteiger partial charge in [0, 0.05) is 0 Å².